The third-order valence-electron chi connectivity index (χ3n) is 2.46. The Balaban J connectivity index is 2.32. The molecule has 0 saturated carbocycles. The molecule has 1 aromatic rings. The van der Waals surface area contributed by atoms with Crippen molar-refractivity contribution < 1.29 is 9.90 Å². The maximum atomic E-state index is 11.5. The lowest BCUT2D eigenvalue weighted by Gasteiger charge is -2.22. The number of thiophene rings is 1. The van der Waals surface area contributed by atoms with Crippen LogP contribution in [-0.4, -0.2) is 35.2 Å². The Bertz CT molecular complexity index is 386. The molecule has 0 aliphatic heterocycles. The quantitative estimate of drug-likeness (QED) is 0.756. The molecule has 100 valence electrons. The highest BCUT2D eigenvalue weighted by atomic mass is 32.2. The average Bonchev–Trinajstić information content (AvgIpc) is 2.84. The van der Waals surface area contributed by atoms with Gasteiger partial charge in [-0.25, -0.2) is 0 Å². The molecule has 0 aliphatic rings. The number of carbonyl (C=O) groups excluding carboxylic acids is 1. The van der Waals surface area contributed by atoms with Gasteiger partial charge in [0.1, 0.15) is 0 Å². The fourth-order valence-electron chi connectivity index (χ4n) is 1.29. The highest BCUT2D eigenvalue weighted by molar-refractivity contribution is 7.98. The van der Waals surface area contributed by atoms with Crippen LogP contribution in [0.4, 0.5) is 0 Å². The van der Waals surface area contributed by atoms with Crippen LogP contribution < -0.4 is 5.32 Å². The molecule has 2 N–H and O–H groups in total. The molecule has 18 heavy (non-hydrogen) atoms. The topological polar surface area (TPSA) is 49.3 Å². The molecule has 0 fully saturated rings. The lowest BCUT2D eigenvalue weighted by atomic mass is 10.0. The van der Waals surface area contributed by atoms with E-state index in [4.69, 9.17) is 0 Å². The van der Waals surface area contributed by atoms with Gasteiger partial charge < -0.3 is 10.4 Å². The minimum atomic E-state index is -0.838. The van der Waals surface area contributed by atoms with Gasteiger partial charge in [0.25, 0.3) is 0 Å². The molecular weight excluding hydrogens is 266 g/mol. The van der Waals surface area contributed by atoms with E-state index in [0.29, 0.717) is 6.42 Å². The number of aliphatic hydroxyl groups is 1. The lowest BCUT2D eigenvalue weighted by molar-refractivity contribution is -0.117. The zero-order chi connectivity index (χ0) is 13.4. The number of hydrogen-bond acceptors (Lipinski definition) is 4. The molecule has 5 heteroatoms. The first-order valence-electron chi connectivity index (χ1n) is 5.73. The highest BCUT2D eigenvalue weighted by Crippen LogP contribution is 2.11. The largest absolute Gasteiger partial charge is 0.388 e. The Morgan fingerprint density at radius 2 is 2.44 bits per heavy atom. The summed E-state index contributed by atoms with van der Waals surface area (Å²) in [6, 6.07) is 1.95. The molecule has 0 aliphatic carbocycles. The fraction of sp³-hybridized carbons (Fsp3) is 0.462. The minimum absolute atomic E-state index is 0.175. The summed E-state index contributed by atoms with van der Waals surface area (Å²) in [4.78, 5) is 11.5. The normalized spacial score (nSPS) is 14.6. The predicted octanol–water partition coefficient (Wildman–Crippen LogP) is 2.38. The van der Waals surface area contributed by atoms with E-state index in [1.54, 1.807) is 36.1 Å². The number of thioether (sulfide) groups is 1. The molecule has 3 nitrogen and oxygen atoms in total. The van der Waals surface area contributed by atoms with Crippen molar-refractivity contribution in [3.63, 3.8) is 0 Å². The molecule has 1 amide bonds. The second-order valence-electron chi connectivity index (χ2n) is 4.35. The second-order valence-corrected chi connectivity index (χ2v) is 6.11. The summed E-state index contributed by atoms with van der Waals surface area (Å²) < 4.78 is 0. The van der Waals surface area contributed by atoms with E-state index < -0.39 is 5.60 Å². The van der Waals surface area contributed by atoms with Gasteiger partial charge in [0.15, 0.2) is 0 Å². The van der Waals surface area contributed by atoms with E-state index in [9.17, 15) is 9.90 Å². The minimum Gasteiger partial charge on any atom is -0.388 e. The Morgan fingerprint density at radius 1 is 1.67 bits per heavy atom. The van der Waals surface area contributed by atoms with Crippen LogP contribution >= 0.6 is 23.1 Å². The van der Waals surface area contributed by atoms with Gasteiger partial charge in [0.2, 0.25) is 5.91 Å². The van der Waals surface area contributed by atoms with Gasteiger partial charge in [0.05, 0.1) is 5.60 Å². The van der Waals surface area contributed by atoms with Crippen molar-refractivity contribution >= 4 is 35.1 Å². The van der Waals surface area contributed by atoms with Gasteiger partial charge in [-0.05, 0) is 53.8 Å². The summed E-state index contributed by atoms with van der Waals surface area (Å²) in [7, 11) is 0. The molecule has 1 heterocycles. The number of hydrogen-bond donors (Lipinski definition) is 2. The molecule has 0 radical (unpaired) electrons. The van der Waals surface area contributed by atoms with E-state index in [-0.39, 0.29) is 12.5 Å². The molecule has 1 rings (SSSR count). The molecule has 1 aromatic heterocycles. The van der Waals surface area contributed by atoms with Crippen molar-refractivity contribution in [2.75, 3.05) is 18.6 Å². The third-order valence-corrected chi connectivity index (χ3v) is 3.77. The monoisotopic (exact) mass is 285 g/mol. The summed E-state index contributed by atoms with van der Waals surface area (Å²) in [6.07, 6.45) is 5.93. The number of rotatable bonds is 7. The Labute approximate surface area is 116 Å². The summed E-state index contributed by atoms with van der Waals surface area (Å²) in [5, 5.41) is 16.6. The first-order valence-corrected chi connectivity index (χ1v) is 8.06. The van der Waals surface area contributed by atoms with E-state index in [0.717, 1.165) is 11.3 Å². The van der Waals surface area contributed by atoms with Gasteiger partial charge in [0, 0.05) is 12.6 Å². The first-order chi connectivity index (χ1) is 8.53. The smallest absolute Gasteiger partial charge is 0.244 e. The molecule has 0 saturated heterocycles. The molecule has 0 aromatic carbocycles. The van der Waals surface area contributed by atoms with E-state index in [1.807, 2.05) is 23.1 Å². The van der Waals surface area contributed by atoms with Crippen LogP contribution in [0, 0.1) is 0 Å². The fourth-order valence-corrected chi connectivity index (χ4v) is 2.56. The third kappa shape index (κ3) is 6.23. The standard InChI is InChI=1S/C13H19NO2S2/c1-13(16,6-8-17-2)10-14-12(15)4-3-11-5-7-18-9-11/h3-5,7,9,16H,6,8,10H2,1-2H3,(H,14,15)/b4-3+/t13-/m0/s1. The summed E-state index contributed by atoms with van der Waals surface area (Å²) in [5.74, 6) is 0.707. The zero-order valence-electron chi connectivity index (χ0n) is 10.7. The zero-order valence-corrected chi connectivity index (χ0v) is 12.3. The molecule has 1 atom stereocenters. The van der Waals surface area contributed by atoms with Crippen molar-refractivity contribution in [2.45, 2.75) is 18.9 Å². The van der Waals surface area contributed by atoms with Crippen molar-refractivity contribution in [1.82, 2.24) is 5.32 Å². The number of carbonyl (C=O) groups is 1. The van der Waals surface area contributed by atoms with Crippen molar-refractivity contribution in [2.24, 2.45) is 0 Å². The molecule has 0 bridgehead atoms. The van der Waals surface area contributed by atoms with Crippen LogP contribution in [0.1, 0.15) is 18.9 Å². The van der Waals surface area contributed by atoms with Crippen LogP contribution in [0.3, 0.4) is 0 Å². The summed E-state index contributed by atoms with van der Waals surface area (Å²) in [6.45, 7) is 2.02. The van der Waals surface area contributed by atoms with Crippen LogP contribution in [0.5, 0.6) is 0 Å². The van der Waals surface area contributed by atoms with Crippen LogP contribution in [-0.2, 0) is 4.79 Å². The van der Waals surface area contributed by atoms with Gasteiger partial charge in [-0.2, -0.15) is 23.1 Å². The molecule has 0 spiro atoms. The van der Waals surface area contributed by atoms with Gasteiger partial charge >= 0.3 is 0 Å². The molecular formula is C13H19NO2S2. The first kappa shape index (κ1) is 15.3. The van der Waals surface area contributed by atoms with Gasteiger partial charge in [-0.3, -0.25) is 4.79 Å². The predicted molar refractivity (Wildman–Crippen MR) is 80.0 cm³/mol. The summed E-state index contributed by atoms with van der Waals surface area (Å²) >= 11 is 3.28. The SMILES string of the molecule is CSCC[C@](C)(O)CNC(=O)/C=C/c1ccsc1. The maximum absolute atomic E-state index is 11.5. The summed E-state index contributed by atoms with van der Waals surface area (Å²) in [5.41, 5.74) is 0.179. The van der Waals surface area contributed by atoms with Crippen molar-refractivity contribution in [3.8, 4) is 0 Å². The van der Waals surface area contributed by atoms with E-state index in [1.165, 1.54) is 6.08 Å². The van der Waals surface area contributed by atoms with Crippen LogP contribution in [0.2, 0.25) is 0 Å². The van der Waals surface area contributed by atoms with E-state index >= 15 is 0 Å². The average molecular weight is 285 g/mol. The Morgan fingerprint density at radius 3 is 3.06 bits per heavy atom. The maximum Gasteiger partial charge on any atom is 0.244 e. The Hall–Kier alpha value is -0.780. The lowest BCUT2D eigenvalue weighted by Crippen LogP contribution is -2.40. The number of amides is 1. The van der Waals surface area contributed by atoms with Gasteiger partial charge in [-0.1, -0.05) is 0 Å². The number of nitrogens with one attached hydrogen (secondary N) is 1. The Kier molecular flexibility index (Phi) is 6.46. The van der Waals surface area contributed by atoms with Crippen molar-refractivity contribution in [3.05, 3.63) is 28.5 Å². The van der Waals surface area contributed by atoms with Crippen molar-refractivity contribution in [1.29, 1.82) is 0 Å². The van der Waals surface area contributed by atoms with Crippen LogP contribution in [0.25, 0.3) is 6.08 Å². The van der Waals surface area contributed by atoms with Crippen LogP contribution in [0.15, 0.2) is 22.9 Å². The van der Waals surface area contributed by atoms with Gasteiger partial charge in [-0.15, -0.1) is 0 Å². The second kappa shape index (κ2) is 7.61. The molecule has 0 unspecified atom stereocenters. The van der Waals surface area contributed by atoms with E-state index in [2.05, 4.69) is 5.32 Å². The highest BCUT2D eigenvalue weighted by Gasteiger charge is 2.19.